The zero-order chi connectivity index (χ0) is 13.4. The number of aromatic carboxylic acids is 1. The molecule has 0 aliphatic heterocycles. The van der Waals surface area contributed by atoms with Crippen LogP contribution in [0.3, 0.4) is 0 Å². The van der Waals surface area contributed by atoms with Crippen LogP contribution in [-0.2, 0) is 16.0 Å². The Hall–Kier alpha value is -1.47. The summed E-state index contributed by atoms with van der Waals surface area (Å²) in [6.07, 6.45) is 1.68. The molecule has 0 saturated heterocycles. The van der Waals surface area contributed by atoms with Crippen molar-refractivity contribution in [1.82, 2.24) is 10.3 Å². The van der Waals surface area contributed by atoms with E-state index < -0.39 is 5.97 Å². The maximum absolute atomic E-state index is 11.3. The van der Waals surface area contributed by atoms with E-state index in [9.17, 15) is 9.59 Å². The minimum absolute atomic E-state index is 0.0259. The van der Waals surface area contributed by atoms with Crippen molar-refractivity contribution < 1.29 is 19.4 Å². The molecule has 0 aromatic carbocycles. The van der Waals surface area contributed by atoms with Gasteiger partial charge in [0.15, 0.2) is 5.69 Å². The maximum atomic E-state index is 11.3. The Bertz CT molecular complexity index is 406. The number of carboxylic acid groups (broad SMARTS) is 1. The molecular weight excluding hydrogens is 256 g/mol. The Labute approximate surface area is 109 Å². The summed E-state index contributed by atoms with van der Waals surface area (Å²) in [7, 11) is 1.60. The lowest BCUT2D eigenvalue weighted by molar-refractivity contribution is -0.121. The molecule has 100 valence electrons. The number of aromatic nitrogens is 1. The first kappa shape index (κ1) is 14.6. The van der Waals surface area contributed by atoms with E-state index >= 15 is 0 Å². The van der Waals surface area contributed by atoms with E-state index in [1.54, 1.807) is 7.11 Å². The number of thiazole rings is 1. The van der Waals surface area contributed by atoms with Crippen molar-refractivity contribution in [2.24, 2.45) is 0 Å². The highest BCUT2D eigenvalue weighted by molar-refractivity contribution is 7.09. The predicted molar refractivity (Wildman–Crippen MR) is 66.9 cm³/mol. The summed E-state index contributed by atoms with van der Waals surface area (Å²) in [6.45, 7) is 1.04. The van der Waals surface area contributed by atoms with Crippen LogP contribution >= 0.6 is 11.3 Å². The number of ether oxygens (including phenoxy) is 1. The lowest BCUT2D eigenvalue weighted by Gasteiger charge is -2.03. The highest BCUT2D eigenvalue weighted by Gasteiger charge is 2.08. The van der Waals surface area contributed by atoms with Gasteiger partial charge in [0.25, 0.3) is 0 Å². The van der Waals surface area contributed by atoms with Gasteiger partial charge in [0.2, 0.25) is 5.91 Å². The Balaban J connectivity index is 2.20. The van der Waals surface area contributed by atoms with Crippen LogP contribution in [0.1, 0.15) is 28.3 Å². The Morgan fingerprint density at radius 3 is 2.94 bits per heavy atom. The number of hydrogen-bond acceptors (Lipinski definition) is 5. The van der Waals surface area contributed by atoms with Crippen molar-refractivity contribution in [2.45, 2.75) is 19.3 Å². The van der Waals surface area contributed by atoms with Gasteiger partial charge in [-0.25, -0.2) is 9.78 Å². The van der Waals surface area contributed by atoms with Crippen molar-refractivity contribution in [3.63, 3.8) is 0 Å². The van der Waals surface area contributed by atoms with Gasteiger partial charge in [-0.05, 0) is 6.42 Å². The van der Waals surface area contributed by atoms with Gasteiger partial charge in [-0.15, -0.1) is 11.3 Å². The van der Waals surface area contributed by atoms with Crippen LogP contribution in [0.25, 0.3) is 0 Å². The molecule has 18 heavy (non-hydrogen) atoms. The summed E-state index contributed by atoms with van der Waals surface area (Å²) < 4.78 is 4.85. The lowest BCUT2D eigenvalue weighted by atomic mass is 10.3. The van der Waals surface area contributed by atoms with Crippen molar-refractivity contribution >= 4 is 23.2 Å². The molecule has 0 aliphatic rings. The number of amides is 1. The fraction of sp³-hybridized carbons (Fsp3) is 0.545. The second-order valence-corrected chi connectivity index (χ2v) is 4.57. The zero-order valence-electron chi connectivity index (χ0n) is 10.1. The molecule has 7 heteroatoms. The number of methoxy groups -OCH3 is 1. The van der Waals surface area contributed by atoms with Gasteiger partial charge in [0.05, 0.1) is 5.01 Å². The van der Waals surface area contributed by atoms with Crippen molar-refractivity contribution in [2.75, 3.05) is 20.3 Å². The van der Waals surface area contributed by atoms with Gasteiger partial charge in [-0.3, -0.25) is 4.79 Å². The fourth-order valence-corrected chi connectivity index (χ4v) is 2.07. The third-order valence-electron chi connectivity index (χ3n) is 2.18. The molecule has 0 saturated carbocycles. The van der Waals surface area contributed by atoms with E-state index in [2.05, 4.69) is 10.3 Å². The molecule has 0 unspecified atom stereocenters. The van der Waals surface area contributed by atoms with Gasteiger partial charge in [0.1, 0.15) is 0 Å². The van der Waals surface area contributed by atoms with Crippen LogP contribution < -0.4 is 5.32 Å². The van der Waals surface area contributed by atoms with Gasteiger partial charge in [-0.1, -0.05) is 0 Å². The number of rotatable bonds is 8. The molecule has 1 amide bonds. The van der Waals surface area contributed by atoms with Gasteiger partial charge >= 0.3 is 5.97 Å². The highest BCUT2D eigenvalue weighted by Crippen LogP contribution is 2.09. The summed E-state index contributed by atoms with van der Waals surface area (Å²) in [5, 5.41) is 13.7. The average molecular weight is 272 g/mol. The molecule has 1 aromatic heterocycles. The minimum Gasteiger partial charge on any atom is -0.476 e. The number of carboxylic acids is 1. The van der Waals surface area contributed by atoms with Crippen LogP contribution in [0, 0.1) is 0 Å². The van der Waals surface area contributed by atoms with E-state index in [0.717, 1.165) is 0 Å². The van der Waals surface area contributed by atoms with Crippen LogP contribution in [0.15, 0.2) is 5.38 Å². The highest BCUT2D eigenvalue weighted by atomic mass is 32.1. The Kier molecular flexibility index (Phi) is 6.31. The fourth-order valence-electron chi connectivity index (χ4n) is 1.30. The average Bonchev–Trinajstić information content (AvgIpc) is 2.78. The van der Waals surface area contributed by atoms with Gasteiger partial charge in [0, 0.05) is 38.5 Å². The largest absolute Gasteiger partial charge is 0.476 e. The quantitative estimate of drug-likeness (QED) is 0.687. The van der Waals surface area contributed by atoms with E-state index in [4.69, 9.17) is 9.84 Å². The van der Waals surface area contributed by atoms with E-state index in [1.165, 1.54) is 16.7 Å². The number of nitrogens with zero attached hydrogens (tertiary/aromatic N) is 1. The van der Waals surface area contributed by atoms with Crippen molar-refractivity contribution in [3.8, 4) is 0 Å². The molecule has 0 fully saturated rings. The number of carbonyl (C=O) groups is 2. The molecule has 2 N–H and O–H groups in total. The molecule has 1 heterocycles. The van der Waals surface area contributed by atoms with Crippen molar-refractivity contribution in [3.05, 3.63) is 16.1 Å². The third kappa shape index (κ3) is 5.24. The van der Waals surface area contributed by atoms with Gasteiger partial charge < -0.3 is 15.2 Å². The van der Waals surface area contributed by atoms with Crippen LogP contribution in [0.4, 0.5) is 0 Å². The van der Waals surface area contributed by atoms with E-state index in [1.807, 2.05) is 0 Å². The van der Waals surface area contributed by atoms with Crippen LogP contribution in [-0.4, -0.2) is 42.2 Å². The predicted octanol–water partition coefficient (Wildman–Crippen LogP) is 0.927. The Morgan fingerprint density at radius 1 is 1.56 bits per heavy atom. The smallest absolute Gasteiger partial charge is 0.355 e. The normalized spacial score (nSPS) is 10.3. The summed E-state index contributed by atoms with van der Waals surface area (Å²) in [5.74, 6) is -1.05. The van der Waals surface area contributed by atoms with Crippen LogP contribution in [0.5, 0.6) is 0 Å². The number of hydrogen-bond donors (Lipinski definition) is 2. The molecule has 1 rings (SSSR count). The summed E-state index contributed by atoms with van der Waals surface area (Å²) in [4.78, 5) is 25.9. The molecule has 0 bridgehead atoms. The third-order valence-corrected chi connectivity index (χ3v) is 3.09. The second-order valence-electron chi connectivity index (χ2n) is 3.63. The molecule has 1 aromatic rings. The molecule has 0 spiro atoms. The molecule has 6 nitrogen and oxygen atoms in total. The minimum atomic E-state index is -1.03. The SMILES string of the molecule is COCCCC(=O)NCCc1nc(C(=O)O)cs1. The lowest BCUT2D eigenvalue weighted by Crippen LogP contribution is -2.25. The van der Waals surface area contributed by atoms with E-state index in [-0.39, 0.29) is 11.6 Å². The summed E-state index contributed by atoms with van der Waals surface area (Å²) in [6, 6.07) is 0. The molecule has 0 radical (unpaired) electrons. The first-order valence-corrected chi connectivity index (χ1v) is 6.44. The maximum Gasteiger partial charge on any atom is 0.355 e. The van der Waals surface area contributed by atoms with Crippen molar-refractivity contribution in [1.29, 1.82) is 0 Å². The molecule has 0 atom stereocenters. The number of carbonyl (C=O) groups excluding carboxylic acids is 1. The topological polar surface area (TPSA) is 88.5 Å². The van der Waals surface area contributed by atoms with Crippen LogP contribution in [0.2, 0.25) is 0 Å². The first-order valence-electron chi connectivity index (χ1n) is 5.57. The Morgan fingerprint density at radius 2 is 2.33 bits per heavy atom. The number of nitrogens with one attached hydrogen (secondary N) is 1. The van der Waals surface area contributed by atoms with E-state index in [0.29, 0.717) is 37.4 Å². The summed E-state index contributed by atoms with van der Waals surface area (Å²) >= 11 is 1.29. The second kappa shape index (κ2) is 7.78. The summed E-state index contributed by atoms with van der Waals surface area (Å²) in [5.41, 5.74) is 0.0569. The monoisotopic (exact) mass is 272 g/mol. The molecule has 0 aliphatic carbocycles. The molecular formula is C11H16N2O4S. The first-order chi connectivity index (χ1) is 8.63. The standard InChI is InChI=1S/C11H16N2O4S/c1-17-6-2-3-9(14)12-5-4-10-13-8(7-18-10)11(15)16/h7H,2-6H2,1H3,(H,12,14)(H,15,16). The van der Waals surface area contributed by atoms with Gasteiger partial charge in [-0.2, -0.15) is 0 Å². The zero-order valence-corrected chi connectivity index (χ0v) is 11.0.